The monoisotopic (exact) mass is 260 g/mol. The summed E-state index contributed by atoms with van der Waals surface area (Å²) >= 11 is 0. The minimum Gasteiger partial charge on any atom is -0.315 e. The molecule has 0 aromatic heterocycles. The number of carbonyl (C=O) groups is 1. The maximum Gasteiger partial charge on any atom is 0.231 e. The lowest BCUT2D eigenvalue weighted by Gasteiger charge is -2.19. The molecule has 1 aliphatic rings. The van der Waals surface area contributed by atoms with E-state index < -0.39 is 0 Å². The molecule has 1 aliphatic heterocycles. The van der Waals surface area contributed by atoms with Crippen molar-refractivity contribution < 1.29 is 4.79 Å². The lowest BCUT2D eigenvalue weighted by molar-refractivity contribution is -0.117. The summed E-state index contributed by atoms with van der Waals surface area (Å²) in [5, 5.41) is 3.60. The highest BCUT2D eigenvalue weighted by molar-refractivity contribution is 6.00. The van der Waals surface area contributed by atoms with Gasteiger partial charge in [-0.25, -0.2) is 0 Å². The van der Waals surface area contributed by atoms with E-state index in [0.29, 0.717) is 12.5 Å². The average Bonchev–Trinajstić information content (AvgIpc) is 2.69. The van der Waals surface area contributed by atoms with Crippen LogP contribution in [0.3, 0.4) is 0 Å². The van der Waals surface area contributed by atoms with Crippen molar-refractivity contribution in [3.8, 4) is 0 Å². The van der Waals surface area contributed by atoms with Gasteiger partial charge in [0, 0.05) is 18.8 Å². The van der Waals surface area contributed by atoms with E-state index in [-0.39, 0.29) is 5.91 Å². The van der Waals surface area contributed by atoms with Crippen LogP contribution in [0.1, 0.15) is 50.3 Å². The predicted octanol–water partition coefficient (Wildman–Crippen LogP) is 3.05. The zero-order valence-electron chi connectivity index (χ0n) is 12.2. The molecule has 0 spiro atoms. The first-order valence-corrected chi connectivity index (χ1v) is 7.30. The van der Waals surface area contributed by atoms with E-state index in [1.807, 2.05) is 7.05 Å². The van der Waals surface area contributed by atoms with Crippen LogP contribution in [0.2, 0.25) is 0 Å². The molecule has 0 bridgehead atoms. The number of rotatable bonds is 6. The summed E-state index contributed by atoms with van der Waals surface area (Å²) in [6.07, 6.45) is 4.00. The normalized spacial score (nSPS) is 15.7. The van der Waals surface area contributed by atoms with Crippen molar-refractivity contribution >= 4 is 11.6 Å². The molecule has 0 fully saturated rings. The average molecular weight is 260 g/mol. The molecular formula is C16H24N2O. The molecule has 1 N–H and O–H groups in total. The second kappa shape index (κ2) is 6.20. The lowest BCUT2D eigenvalue weighted by Crippen LogP contribution is -2.22. The summed E-state index contributed by atoms with van der Waals surface area (Å²) in [5.74, 6) is 0.195. The number of hydrogen-bond donors (Lipinski definition) is 1. The summed E-state index contributed by atoms with van der Waals surface area (Å²) in [7, 11) is 1.85. The Morgan fingerprint density at radius 2 is 2.11 bits per heavy atom. The van der Waals surface area contributed by atoms with E-state index in [0.717, 1.165) is 31.5 Å². The fourth-order valence-corrected chi connectivity index (χ4v) is 2.70. The number of anilines is 1. The van der Waals surface area contributed by atoms with Crippen LogP contribution in [0.4, 0.5) is 5.69 Å². The van der Waals surface area contributed by atoms with E-state index in [2.05, 4.69) is 37.4 Å². The van der Waals surface area contributed by atoms with Gasteiger partial charge in [-0.3, -0.25) is 4.79 Å². The molecule has 1 unspecified atom stereocenters. The number of fused-ring (bicyclic) bond motifs is 1. The Morgan fingerprint density at radius 3 is 2.79 bits per heavy atom. The van der Waals surface area contributed by atoms with Gasteiger partial charge in [0.2, 0.25) is 5.91 Å². The molecule has 1 aromatic carbocycles. The van der Waals surface area contributed by atoms with Crippen molar-refractivity contribution in [2.75, 3.05) is 18.5 Å². The third-order valence-corrected chi connectivity index (χ3v) is 3.80. The largest absolute Gasteiger partial charge is 0.315 e. The van der Waals surface area contributed by atoms with Crippen molar-refractivity contribution in [3.05, 3.63) is 29.3 Å². The van der Waals surface area contributed by atoms with Crippen molar-refractivity contribution in [1.29, 1.82) is 0 Å². The van der Waals surface area contributed by atoms with Gasteiger partial charge in [-0.15, -0.1) is 0 Å². The summed E-state index contributed by atoms with van der Waals surface area (Å²) in [5.41, 5.74) is 3.56. The van der Waals surface area contributed by atoms with Gasteiger partial charge < -0.3 is 10.2 Å². The van der Waals surface area contributed by atoms with Gasteiger partial charge >= 0.3 is 0 Å². The second-order valence-electron chi connectivity index (χ2n) is 5.31. The van der Waals surface area contributed by atoms with E-state index in [4.69, 9.17) is 0 Å². The summed E-state index contributed by atoms with van der Waals surface area (Å²) in [6, 6.07) is 6.87. The van der Waals surface area contributed by atoms with Gasteiger partial charge in [-0.1, -0.05) is 32.4 Å². The summed E-state index contributed by atoms with van der Waals surface area (Å²) < 4.78 is 0. The Hall–Kier alpha value is -1.35. The SMILES string of the molecule is CCCNC(CCC)c1ccc2c(c1)CC(=O)N2C. The Kier molecular flexibility index (Phi) is 4.59. The Bertz CT molecular complexity index is 456. The molecule has 0 saturated carbocycles. The van der Waals surface area contributed by atoms with Crippen LogP contribution < -0.4 is 10.2 Å². The number of carbonyl (C=O) groups excluding carboxylic acids is 1. The molecule has 0 saturated heterocycles. The number of amides is 1. The molecule has 3 nitrogen and oxygen atoms in total. The van der Waals surface area contributed by atoms with Crippen LogP contribution in [-0.4, -0.2) is 19.5 Å². The molecule has 19 heavy (non-hydrogen) atoms. The molecule has 104 valence electrons. The van der Waals surface area contributed by atoms with Crippen molar-refractivity contribution in [2.45, 2.75) is 45.6 Å². The summed E-state index contributed by atoms with van der Waals surface area (Å²) in [4.78, 5) is 13.5. The zero-order valence-corrected chi connectivity index (χ0v) is 12.2. The highest BCUT2D eigenvalue weighted by Gasteiger charge is 2.24. The molecule has 0 radical (unpaired) electrons. The molecule has 2 rings (SSSR count). The number of benzene rings is 1. The first kappa shape index (κ1) is 14.1. The standard InChI is InChI=1S/C16H24N2O/c1-4-6-14(17-9-5-2)12-7-8-15-13(10-12)11-16(19)18(15)3/h7-8,10,14,17H,4-6,9,11H2,1-3H3. The van der Waals surface area contributed by atoms with E-state index in [1.54, 1.807) is 4.90 Å². The number of nitrogens with one attached hydrogen (secondary N) is 1. The maximum absolute atomic E-state index is 11.7. The van der Waals surface area contributed by atoms with Crippen LogP contribution in [0.25, 0.3) is 0 Å². The van der Waals surface area contributed by atoms with Gasteiger partial charge in [0.05, 0.1) is 6.42 Å². The molecule has 3 heteroatoms. The fourth-order valence-electron chi connectivity index (χ4n) is 2.70. The molecule has 1 amide bonds. The highest BCUT2D eigenvalue weighted by Crippen LogP contribution is 2.31. The van der Waals surface area contributed by atoms with Crippen LogP contribution in [0.15, 0.2) is 18.2 Å². The third kappa shape index (κ3) is 2.98. The van der Waals surface area contributed by atoms with E-state index >= 15 is 0 Å². The number of likely N-dealkylation sites (N-methyl/N-ethyl adjacent to an activating group) is 1. The Balaban J connectivity index is 2.20. The second-order valence-corrected chi connectivity index (χ2v) is 5.31. The van der Waals surface area contributed by atoms with Crippen molar-refractivity contribution in [2.24, 2.45) is 0 Å². The van der Waals surface area contributed by atoms with Crippen LogP contribution >= 0.6 is 0 Å². The lowest BCUT2D eigenvalue weighted by atomic mass is 9.99. The topological polar surface area (TPSA) is 32.3 Å². The van der Waals surface area contributed by atoms with Crippen molar-refractivity contribution in [1.82, 2.24) is 5.32 Å². The maximum atomic E-state index is 11.7. The van der Waals surface area contributed by atoms with Crippen molar-refractivity contribution in [3.63, 3.8) is 0 Å². The minimum absolute atomic E-state index is 0.195. The first-order valence-electron chi connectivity index (χ1n) is 7.30. The molecule has 1 aromatic rings. The van der Waals surface area contributed by atoms with Gasteiger partial charge in [0.25, 0.3) is 0 Å². The quantitative estimate of drug-likeness (QED) is 0.852. The Labute approximate surface area is 116 Å². The van der Waals surface area contributed by atoms with Gasteiger partial charge in [0.1, 0.15) is 0 Å². The minimum atomic E-state index is 0.195. The highest BCUT2D eigenvalue weighted by atomic mass is 16.2. The predicted molar refractivity (Wildman–Crippen MR) is 79.5 cm³/mol. The van der Waals surface area contributed by atoms with Gasteiger partial charge in [0.15, 0.2) is 0 Å². The molecular weight excluding hydrogens is 236 g/mol. The van der Waals surface area contributed by atoms with Crippen LogP contribution in [0, 0.1) is 0 Å². The summed E-state index contributed by atoms with van der Waals surface area (Å²) in [6.45, 7) is 5.44. The first-order chi connectivity index (χ1) is 9.17. The number of nitrogens with zero attached hydrogens (tertiary/aromatic N) is 1. The van der Waals surface area contributed by atoms with Gasteiger partial charge in [-0.2, -0.15) is 0 Å². The zero-order chi connectivity index (χ0) is 13.8. The molecule has 1 heterocycles. The van der Waals surface area contributed by atoms with Crippen LogP contribution in [-0.2, 0) is 11.2 Å². The molecule has 1 atom stereocenters. The number of hydrogen-bond acceptors (Lipinski definition) is 2. The Morgan fingerprint density at radius 1 is 1.32 bits per heavy atom. The smallest absolute Gasteiger partial charge is 0.231 e. The van der Waals surface area contributed by atoms with E-state index in [1.165, 1.54) is 11.1 Å². The van der Waals surface area contributed by atoms with Crippen LogP contribution in [0.5, 0.6) is 0 Å². The van der Waals surface area contributed by atoms with Gasteiger partial charge in [-0.05, 0) is 36.6 Å². The third-order valence-electron chi connectivity index (χ3n) is 3.80. The fraction of sp³-hybridized carbons (Fsp3) is 0.562. The van der Waals surface area contributed by atoms with E-state index in [9.17, 15) is 4.79 Å². The molecule has 0 aliphatic carbocycles.